The van der Waals surface area contributed by atoms with Crippen LogP contribution in [0, 0.1) is 5.82 Å². The topological polar surface area (TPSA) is 43.8 Å². The summed E-state index contributed by atoms with van der Waals surface area (Å²) in [4.78, 5) is 0. The fourth-order valence-corrected chi connectivity index (χ4v) is 1.57. The van der Waals surface area contributed by atoms with Crippen LogP contribution in [0.15, 0.2) is 30.5 Å². The van der Waals surface area contributed by atoms with Crippen molar-refractivity contribution in [2.75, 3.05) is 0 Å². The molecular weight excluding hydrogens is 217 g/mol. The molecule has 2 aromatic rings. The molecule has 0 bridgehead atoms. The summed E-state index contributed by atoms with van der Waals surface area (Å²) in [5, 5.41) is 4.43. The summed E-state index contributed by atoms with van der Waals surface area (Å²) >= 11 is 5.86. The number of rotatable bonds is 2. The van der Waals surface area contributed by atoms with Crippen LogP contribution in [0.5, 0.6) is 0 Å². The van der Waals surface area contributed by atoms with Gasteiger partial charge in [-0.25, -0.2) is 9.07 Å². The molecule has 0 fully saturated rings. The van der Waals surface area contributed by atoms with Crippen molar-refractivity contribution in [2.24, 2.45) is 5.73 Å². The molecule has 0 amide bonds. The van der Waals surface area contributed by atoms with Crippen molar-refractivity contribution < 1.29 is 4.39 Å². The molecule has 0 radical (unpaired) electrons. The van der Waals surface area contributed by atoms with Gasteiger partial charge in [0.25, 0.3) is 0 Å². The van der Waals surface area contributed by atoms with Gasteiger partial charge in [0.15, 0.2) is 0 Å². The lowest BCUT2D eigenvalue weighted by atomic mass is 10.3. The second kappa shape index (κ2) is 4.00. The van der Waals surface area contributed by atoms with E-state index in [4.69, 9.17) is 17.3 Å². The quantitative estimate of drug-likeness (QED) is 0.851. The largest absolute Gasteiger partial charge is 0.325 e. The van der Waals surface area contributed by atoms with Crippen molar-refractivity contribution in [1.82, 2.24) is 9.78 Å². The van der Waals surface area contributed by atoms with Crippen LogP contribution in [0.1, 0.15) is 5.69 Å². The van der Waals surface area contributed by atoms with Gasteiger partial charge < -0.3 is 5.73 Å². The molecule has 2 rings (SSSR count). The van der Waals surface area contributed by atoms with Gasteiger partial charge in [-0.15, -0.1) is 0 Å². The van der Waals surface area contributed by atoms with Crippen LogP contribution in [-0.4, -0.2) is 9.78 Å². The highest BCUT2D eigenvalue weighted by Crippen LogP contribution is 2.20. The molecule has 5 heteroatoms. The van der Waals surface area contributed by atoms with Gasteiger partial charge in [0, 0.05) is 6.54 Å². The van der Waals surface area contributed by atoms with Crippen LogP contribution < -0.4 is 5.73 Å². The minimum absolute atomic E-state index is 0.215. The Morgan fingerprint density at radius 2 is 2.13 bits per heavy atom. The highest BCUT2D eigenvalue weighted by molar-refractivity contribution is 6.31. The molecule has 3 nitrogen and oxygen atoms in total. The zero-order valence-corrected chi connectivity index (χ0v) is 8.58. The van der Waals surface area contributed by atoms with Gasteiger partial charge in [0.1, 0.15) is 11.5 Å². The Morgan fingerprint density at radius 1 is 1.40 bits per heavy atom. The predicted octanol–water partition coefficient (Wildman–Crippen LogP) is 2.12. The number of halogens is 2. The zero-order chi connectivity index (χ0) is 10.8. The third-order valence-corrected chi connectivity index (χ3v) is 2.41. The Morgan fingerprint density at radius 3 is 2.80 bits per heavy atom. The van der Waals surface area contributed by atoms with Crippen LogP contribution in [0.4, 0.5) is 4.39 Å². The van der Waals surface area contributed by atoms with E-state index >= 15 is 0 Å². The molecule has 0 saturated carbocycles. The van der Waals surface area contributed by atoms with Gasteiger partial charge >= 0.3 is 0 Å². The molecule has 0 atom stereocenters. The average molecular weight is 226 g/mol. The molecule has 78 valence electrons. The lowest BCUT2D eigenvalue weighted by Crippen LogP contribution is -2.08. The second-order valence-corrected chi connectivity index (χ2v) is 3.41. The van der Waals surface area contributed by atoms with E-state index < -0.39 is 0 Å². The number of nitrogens with two attached hydrogens (primary N) is 1. The molecular formula is C10H9ClFN3. The predicted molar refractivity (Wildman–Crippen MR) is 56.4 cm³/mol. The summed E-state index contributed by atoms with van der Waals surface area (Å²) in [6, 6.07) is 6.34. The highest BCUT2D eigenvalue weighted by Gasteiger charge is 2.11. The SMILES string of the molecule is NCc1c(Cl)cnn1-c1ccccc1F. The van der Waals surface area contributed by atoms with Gasteiger partial charge in [-0.2, -0.15) is 5.10 Å². The fraction of sp³-hybridized carbons (Fsp3) is 0.100. The Kier molecular flexibility index (Phi) is 2.70. The van der Waals surface area contributed by atoms with Crippen LogP contribution in [0.25, 0.3) is 5.69 Å². The van der Waals surface area contributed by atoms with Crippen molar-refractivity contribution in [3.05, 3.63) is 47.0 Å². The van der Waals surface area contributed by atoms with E-state index in [1.807, 2.05) is 0 Å². The van der Waals surface area contributed by atoms with Gasteiger partial charge in [-0.1, -0.05) is 23.7 Å². The highest BCUT2D eigenvalue weighted by atomic mass is 35.5. The number of hydrogen-bond acceptors (Lipinski definition) is 2. The molecule has 0 aliphatic rings. The van der Waals surface area contributed by atoms with Gasteiger partial charge in [0.2, 0.25) is 0 Å². The molecule has 0 aliphatic heterocycles. The monoisotopic (exact) mass is 225 g/mol. The molecule has 1 aromatic carbocycles. The third kappa shape index (κ3) is 1.73. The van der Waals surface area contributed by atoms with E-state index in [1.54, 1.807) is 18.2 Å². The molecule has 0 spiro atoms. The Labute approximate surface area is 91.3 Å². The summed E-state index contributed by atoms with van der Waals surface area (Å²) < 4.78 is 14.9. The Hall–Kier alpha value is -1.39. The smallest absolute Gasteiger partial charge is 0.148 e. The van der Waals surface area contributed by atoms with Gasteiger partial charge in [0.05, 0.1) is 16.9 Å². The van der Waals surface area contributed by atoms with Crippen LogP contribution in [0.2, 0.25) is 5.02 Å². The lowest BCUT2D eigenvalue weighted by molar-refractivity contribution is 0.606. The number of aromatic nitrogens is 2. The molecule has 0 saturated heterocycles. The summed E-state index contributed by atoms with van der Waals surface area (Å²) in [6.07, 6.45) is 1.45. The summed E-state index contributed by atoms with van der Waals surface area (Å²) in [5.74, 6) is -0.355. The summed E-state index contributed by atoms with van der Waals surface area (Å²) in [5.41, 5.74) is 6.47. The normalized spacial score (nSPS) is 10.6. The number of nitrogens with zero attached hydrogens (tertiary/aromatic N) is 2. The first-order chi connectivity index (χ1) is 7.24. The summed E-state index contributed by atoms with van der Waals surface area (Å²) in [7, 11) is 0. The number of para-hydroxylation sites is 1. The van der Waals surface area contributed by atoms with E-state index in [0.717, 1.165) is 0 Å². The van der Waals surface area contributed by atoms with E-state index in [2.05, 4.69) is 5.10 Å². The van der Waals surface area contributed by atoms with E-state index in [0.29, 0.717) is 16.4 Å². The number of benzene rings is 1. The van der Waals surface area contributed by atoms with Crippen LogP contribution in [0.3, 0.4) is 0 Å². The number of hydrogen-bond donors (Lipinski definition) is 1. The molecule has 15 heavy (non-hydrogen) atoms. The van der Waals surface area contributed by atoms with Crippen LogP contribution >= 0.6 is 11.6 Å². The first kappa shape index (κ1) is 10.1. The molecule has 1 aromatic heterocycles. The molecule has 1 heterocycles. The lowest BCUT2D eigenvalue weighted by Gasteiger charge is -2.06. The van der Waals surface area contributed by atoms with Gasteiger partial charge in [-0.05, 0) is 12.1 Å². The molecule has 2 N–H and O–H groups in total. The van der Waals surface area contributed by atoms with Crippen molar-refractivity contribution in [1.29, 1.82) is 0 Å². The second-order valence-electron chi connectivity index (χ2n) is 3.01. The first-order valence-corrected chi connectivity index (χ1v) is 4.79. The maximum Gasteiger partial charge on any atom is 0.148 e. The summed E-state index contributed by atoms with van der Waals surface area (Å²) in [6.45, 7) is 0.215. The minimum Gasteiger partial charge on any atom is -0.325 e. The Balaban J connectivity index is 2.59. The van der Waals surface area contributed by atoms with Crippen LogP contribution in [-0.2, 0) is 6.54 Å². The van der Waals surface area contributed by atoms with Crippen molar-refractivity contribution in [3.63, 3.8) is 0 Å². The van der Waals surface area contributed by atoms with E-state index in [1.165, 1.54) is 16.9 Å². The average Bonchev–Trinajstić information content (AvgIpc) is 2.60. The first-order valence-electron chi connectivity index (χ1n) is 4.41. The van der Waals surface area contributed by atoms with Crippen molar-refractivity contribution in [3.8, 4) is 5.69 Å². The standard InChI is InChI=1S/C10H9ClFN3/c11-7-6-14-15(10(7)5-13)9-4-2-1-3-8(9)12/h1-4,6H,5,13H2. The fourth-order valence-electron chi connectivity index (χ4n) is 1.37. The minimum atomic E-state index is -0.355. The van der Waals surface area contributed by atoms with Crippen molar-refractivity contribution >= 4 is 11.6 Å². The van der Waals surface area contributed by atoms with Gasteiger partial charge in [-0.3, -0.25) is 0 Å². The maximum absolute atomic E-state index is 13.5. The maximum atomic E-state index is 13.5. The van der Waals surface area contributed by atoms with E-state index in [-0.39, 0.29) is 12.4 Å². The zero-order valence-electron chi connectivity index (χ0n) is 7.82. The van der Waals surface area contributed by atoms with Crippen molar-refractivity contribution in [2.45, 2.75) is 6.54 Å². The molecule has 0 unspecified atom stereocenters. The molecule has 0 aliphatic carbocycles. The Bertz CT molecular complexity index is 481. The van der Waals surface area contributed by atoms with E-state index in [9.17, 15) is 4.39 Å². The third-order valence-electron chi connectivity index (χ3n) is 2.09.